The molecule has 3 aromatic carbocycles. The van der Waals surface area contributed by atoms with Gasteiger partial charge < -0.3 is 19.3 Å². The molecule has 2 heterocycles. The van der Waals surface area contributed by atoms with Gasteiger partial charge in [0.15, 0.2) is 0 Å². The molecular formula is C31H33FN2O4. The van der Waals surface area contributed by atoms with Gasteiger partial charge in [-0.15, -0.1) is 0 Å². The predicted molar refractivity (Wildman–Crippen MR) is 144 cm³/mol. The lowest BCUT2D eigenvalue weighted by Crippen LogP contribution is -2.37. The Kier molecular flexibility index (Phi) is 8.34. The molecule has 0 saturated carbocycles. The largest absolute Gasteiger partial charge is 0.493 e. The van der Waals surface area contributed by atoms with Crippen LogP contribution in [0.5, 0.6) is 5.75 Å². The number of carbonyl (C=O) groups excluding carboxylic acids is 2. The summed E-state index contributed by atoms with van der Waals surface area (Å²) in [7, 11) is 0. The smallest absolute Gasteiger partial charge is 0.254 e. The van der Waals surface area contributed by atoms with Gasteiger partial charge in [-0.2, -0.15) is 0 Å². The van der Waals surface area contributed by atoms with Crippen LogP contribution in [0, 0.1) is 5.82 Å². The molecule has 2 fully saturated rings. The minimum atomic E-state index is -0.229. The van der Waals surface area contributed by atoms with Crippen LogP contribution < -0.4 is 9.64 Å². The Labute approximate surface area is 223 Å². The summed E-state index contributed by atoms with van der Waals surface area (Å²) >= 11 is 0. The molecule has 0 N–H and O–H groups in total. The third kappa shape index (κ3) is 6.40. The molecule has 0 aromatic heterocycles. The summed E-state index contributed by atoms with van der Waals surface area (Å²) in [6, 6.07) is 21.7. The maximum absolute atomic E-state index is 13.9. The van der Waals surface area contributed by atoms with Crippen molar-refractivity contribution in [2.45, 2.75) is 44.8 Å². The molecule has 0 spiro atoms. The summed E-state index contributed by atoms with van der Waals surface area (Å²) < 4.78 is 25.7. The highest BCUT2D eigenvalue weighted by atomic mass is 19.1. The zero-order valence-electron chi connectivity index (χ0n) is 21.5. The van der Waals surface area contributed by atoms with Crippen LogP contribution >= 0.6 is 0 Å². The number of rotatable bonds is 10. The summed E-state index contributed by atoms with van der Waals surface area (Å²) in [4.78, 5) is 29.3. The molecule has 2 saturated heterocycles. The summed E-state index contributed by atoms with van der Waals surface area (Å²) in [6.07, 6.45) is 3.85. The van der Waals surface area contributed by atoms with Gasteiger partial charge in [-0.1, -0.05) is 30.3 Å². The monoisotopic (exact) mass is 516 g/mol. The van der Waals surface area contributed by atoms with Crippen LogP contribution in [0.3, 0.4) is 0 Å². The maximum Gasteiger partial charge on any atom is 0.254 e. The Hall–Kier alpha value is -3.71. The molecule has 6 nitrogen and oxygen atoms in total. The highest BCUT2D eigenvalue weighted by molar-refractivity contribution is 5.97. The van der Waals surface area contributed by atoms with Gasteiger partial charge in [-0.3, -0.25) is 9.59 Å². The lowest BCUT2D eigenvalue weighted by Gasteiger charge is -2.26. The molecule has 2 amide bonds. The molecule has 5 rings (SSSR count). The molecule has 198 valence electrons. The van der Waals surface area contributed by atoms with Gasteiger partial charge in [-0.05, 0) is 72.9 Å². The first-order valence-electron chi connectivity index (χ1n) is 13.3. The number of benzene rings is 3. The summed E-state index contributed by atoms with van der Waals surface area (Å²) in [5, 5.41) is 0. The van der Waals surface area contributed by atoms with Gasteiger partial charge in [-0.25, -0.2) is 4.39 Å². The SMILES string of the molecule is O=C(c1ccc(N2CCCC2=O)cc1)N(Cc1cccc(OCCc2ccccc2F)c1)C[C@H]1CCCO1. The summed E-state index contributed by atoms with van der Waals surface area (Å²) in [5.41, 5.74) is 2.97. The Morgan fingerprint density at radius 3 is 2.63 bits per heavy atom. The van der Waals surface area contributed by atoms with E-state index in [0.717, 1.165) is 43.7 Å². The minimum Gasteiger partial charge on any atom is -0.493 e. The molecule has 1 atom stereocenters. The minimum absolute atomic E-state index is 0.0145. The van der Waals surface area contributed by atoms with Crippen molar-refractivity contribution >= 4 is 17.5 Å². The van der Waals surface area contributed by atoms with E-state index in [-0.39, 0.29) is 23.7 Å². The molecule has 38 heavy (non-hydrogen) atoms. The van der Waals surface area contributed by atoms with Crippen molar-refractivity contribution in [2.24, 2.45) is 0 Å². The third-order valence-corrected chi connectivity index (χ3v) is 7.10. The standard InChI is InChI=1S/C31H33FN2O4/c32-29-10-2-1-7-24(29)16-19-38-27-8-3-6-23(20-27)21-33(22-28-9-5-18-37-28)31(36)25-12-14-26(15-13-25)34-17-4-11-30(34)35/h1-3,6-8,10,12-15,20,28H,4-5,9,11,16-19,21-22H2/t28-/m1/s1. The number of hydrogen-bond acceptors (Lipinski definition) is 4. The molecule has 7 heteroatoms. The quantitative estimate of drug-likeness (QED) is 0.362. The fourth-order valence-corrected chi connectivity index (χ4v) is 5.08. The number of amides is 2. The average molecular weight is 517 g/mol. The second kappa shape index (κ2) is 12.2. The van der Waals surface area contributed by atoms with Crippen molar-refractivity contribution in [3.05, 3.63) is 95.3 Å². The number of anilines is 1. The van der Waals surface area contributed by atoms with E-state index >= 15 is 0 Å². The normalized spacial score (nSPS) is 17.1. The van der Waals surface area contributed by atoms with E-state index in [4.69, 9.17) is 9.47 Å². The average Bonchev–Trinajstić information content (AvgIpc) is 3.61. The highest BCUT2D eigenvalue weighted by Crippen LogP contribution is 2.24. The van der Waals surface area contributed by atoms with Crippen molar-refractivity contribution < 1.29 is 23.5 Å². The second-order valence-corrected chi connectivity index (χ2v) is 9.85. The first-order valence-corrected chi connectivity index (χ1v) is 13.3. The van der Waals surface area contributed by atoms with Crippen molar-refractivity contribution in [3.8, 4) is 5.75 Å². The first kappa shape index (κ1) is 25.9. The zero-order valence-corrected chi connectivity index (χ0v) is 21.5. The highest BCUT2D eigenvalue weighted by Gasteiger charge is 2.25. The topological polar surface area (TPSA) is 59.1 Å². The van der Waals surface area contributed by atoms with Gasteiger partial charge in [0.2, 0.25) is 5.91 Å². The summed E-state index contributed by atoms with van der Waals surface area (Å²) in [6.45, 7) is 2.71. The van der Waals surface area contributed by atoms with E-state index in [9.17, 15) is 14.0 Å². The van der Waals surface area contributed by atoms with Gasteiger partial charge in [0.25, 0.3) is 5.91 Å². The number of ether oxygens (including phenoxy) is 2. The number of halogens is 1. The van der Waals surface area contributed by atoms with Crippen LogP contribution in [0.4, 0.5) is 10.1 Å². The molecule has 2 aliphatic rings. The van der Waals surface area contributed by atoms with Gasteiger partial charge in [0, 0.05) is 50.3 Å². The third-order valence-electron chi connectivity index (χ3n) is 7.10. The molecule has 2 aliphatic heterocycles. The van der Waals surface area contributed by atoms with Crippen LogP contribution in [0.25, 0.3) is 0 Å². The summed E-state index contributed by atoms with van der Waals surface area (Å²) in [5.74, 6) is 0.502. The fraction of sp³-hybridized carbons (Fsp3) is 0.355. The van der Waals surface area contributed by atoms with Gasteiger partial charge in [0.05, 0.1) is 12.7 Å². The van der Waals surface area contributed by atoms with E-state index in [1.54, 1.807) is 29.2 Å². The lowest BCUT2D eigenvalue weighted by atomic mass is 10.1. The number of hydrogen-bond donors (Lipinski definition) is 0. The van der Waals surface area contributed by atoms with Gasteiger partial charge in [0.1, 0.15) is 11.6 Å². The second-order valence-electron chi connectivity index (χ2n) is 9.85. The molecule has 0 unspecified atom stereocenters. The molecule has 0 bridgehead atoms. The Balaban J connectivity index is 1.26. The van der Waals surface area contributed by atoms with E-state index in [2.05, 4.69) is 0 Å². The lowest BCUT2D eigenvalue weighted by molar-refractivity contribution is -0.117. The van der Waals surface area contributed by atoms with Crippen molar-refractivity contribution in [3.63, 3.8) is 0 Å². The number of carbonyl (C=O) groups is 2. The van der Waals surface area contributed by atoms with Crippen LogP contribution in [0.15, 0.2) is 72.8 Å². The van der Waals surface area contributed by atoms with Crippen molar-refractivity contribution in [1.82, 2.24) is 4.90 Å². The predicted octanol–water partition coefficient (Wildman–Crippen LogP) is 5.40. The fourth-order valence-electron chi connectivity index (χ4n) is 5.08. The van der Waals surface area contributed by atoms with E-state index in [1.807, 2.05) is 47.4 Å². The molecule has 0 aliphatic carbocycles. The molecular weight excluding hydrogens is 483 g/mol. The maximum atomic E-state index is 13.9. The van der Waals surface area contributed by atoms with Crippen LogP contribution in [-0.2, 0) is 22.5 Å². The Morgan fingerprint density at radius 2 is 1.89 bits per heavy atom. The zero-order chi connectivity index (χ0) is 26.3. The molecule has 3 aromatic rings. The first-order chi connectivity index (χ1) is 18.6. The van der Waals surface area contributed by atoms with Gasteiger partial charge >= 0.3 is 0 Å². The van der Waals surface area contributed by atoms with Crippen molar-refractivity contribution in [1.29, 1.82) is 0 Å². The Bertz CT molecular complexity index is 1260. The van der Waals surface area contributed by atoms with Crippen LogP contribution in [0.1, 0.15) is 47.2 Å². The van der Waals surface area contributed by atoms with E-state index in [1.165, 1.54) is 6.07 Å². The van der Waals surface area contributed by atoms with E-state index < -0.39 is 0 Å². The Morgan fingerprint density at radius 1 is 1.05 bits per heavy atom. The molecule has 0 radical (unpaired) electrons. The van der Waals surface area contributed by atoms with Crippen LogP contribution in [0.2, 0.25) is 0 Å². The van der Waals surface area contributed by atoms with E-state index in [0.29, 0.717) is 49.4 Å². The van der Waals surface area contributed by atoms with Crippen LogP contribution in [-0.4, -0.2) is 49.1 Å². The van der Waals surface area contributed by atoms with Crippen molar-refractivity contribution in [2.75, 3.05) is 31.2 Å². The number of nitrogens with zero attached hydrogens (tertiary/aromatic N) is 2.